The van der Waals surface area contributed by atoms with Crippen molar-refractivity contribution >= 4 is 16.6 Å². The lowest BCUT2D eigenvalue weighted by Crippen LogP contribution is -2.34. The van der Waals surface area contributed by atoms with Crippen molar-refractivity contribution in [2.75, 3.05) is 11.4 Å². The van der Waals surface area contributed by atoms with Gasteiger partial charge in [0.25, 0.3) is 5.56 Å². The maximum Gasteiger partial charge on any atom is 0.254 e. The Bertz CT molecular complexity index is 1590. The van der Waals surface area contributed by atoms with Gasteiger partial charge in [-0.05, 0) is 65.1 Å². The van der Waals surface area contributed by atoms with Gasteiger partial charge in [-0.3, -0.25) is 4.79 Å². The van der Waals surface area contributed by atoms with E-state index in [1.165, 1.54) is 5.56 Å². The highest BCUT2D eigenvalue weighted by atomic mass is 16.1. The van der Waals surface area contributed by atoms with Gasteiger partial charge in [0, 0.05) is 23.2 Å². The van der Waals surface area contributed by atoms with E-state index in [9.17, 15) is 4.79 Å². The largest absolute Gasteiger partial charge is 0.357 e. The van der Waals surface area contributed by atoms with Crippen LogP contribution in [0.2, 0.25) is 0 Å². The second-order valence-corrected chi connectivity index (χ2v) is 9.20. The van der Waals surface area contributed by atoms with Crippen molar-refractivity contribution < 1.29 is 0 Å². The van der Waals surface area contributed by atoms with Crippen LogP contribution in [-0.2, 0) is 13.0 Å². The molecule has 0 bridgehead atoms. The minimum Gasteiger partial charge on any atom is -0.357 e. The molecule has 5 aromatic rings. The van der Waals surface area contributed by atoms with Crippen molar-refractivity contribution in [3.8, 4) is 0 Å². The van der Waals surface area contributed by atoms with Crippen LogP contribution in [0.4, 0.5) is 5.69 Å². The molecule has 1 aliphatic rings. The molecule has 7 nitrogen and oxygen atoms in total. The third-order valence-electron chi connectivity index (χ3n) is 6.98. The predicted molar refractivity (Wildman–Crippen MR) is 137 cm³/mol. The van der Waals surface area contributed by atoms with Crippen molar-refractivity contribution in [3.63, 3.8) is 0 Å². The number of nitrogens with one attached hydrogen (secondary N) is 1. The molecule has 3 aromatic carbocycles. The first-order valence-electron chi connectivity index (χ1n) is 11.9. The Morgan fingerprint density at radius 1 is 0.971 bits per heavy atom. The van der Waals surface area contributed by atoms with Gasteiger partial charge in [0.1, 0.15) is 6.04 Å². The van der Waals surface area contributed by atoms with E-state index in [0.29, 0.717) is 17.9 Å². The molecule has 174 valence electrons. The number of para-hydroxylation sites is 1. The van der Waals surface area contributed by atoms with Crippen molar-refractivity contribution in [2.45, 2.75) is 32.9 Å². The highest BCUT2D eigenvalue weighted by molar-refractivity contribution is 5.85. The number of rotatable bonds is 5. The first kappa shape index (κ1) is 21.3. The van der Waals surface area contributed by atoms with Gasteiger partial charge in [-0.15, -0.1) is 5.10 Å². The summed E-state index contributed by atoms with van der Waals surface area (Å²) in [6.45, 7) is 5.40. The summed E-state index contributed by atoms with van der Waals surface area (Å²) in [4.78, 5) is 19.0. The van der Waals surface area contributed by atoms with Crippen LogP contribution in [0.15, 0.2) is 77.6 Å². The topological polar surface area (TPSA) is 79.7 Å². The summed E-state index contributed by atoms with van der Waals surface area (Å²) in [6, 6.07) is 24.2. The number of aromatic amines is 1. The minimum absolute atomic E-state index is 0.116. The van der Waals surface area contributed by atoms with Crippen molar-refractivity contribution in [2.24, 2.45) is 0 Å². The third-order valence-corrected chi connectivity index (χ3v) is 6.98. The number of H-pyrrole nitrogens is 1. The zero-order chi connectivity index (χ0) is 23.9. The van der Waals surface area contributed by atoms with E-state index in [0.717, 1.165) is 46.2 Å². The van der Waals surface area contributed by atoms with E-state index >= 15 is 0 Å². The Labute approximate surface area is 203 Å². The number of hydrogen-bond acceptors (Lipinski definition) is 5. The van der Waals surface area contributed by atoms with Gasteiger partial charge in [-0.2, -0.15) is 0 Å². The minimum atomic E-state index is -0.426. The number of pyridine rings is 1. The fourth-order valence-electron chi connectivity index (χ4n) is 5.15. The number of benzene rings is 3. The maximum atomic E-state index is 13.6. The first-order chi connectivity index (χ1) is 17.1. The second kappa shape index (κ2) is 8.51. The van der Waals surface area contributed by atoms with Crippen LogP contribution in [0.3, 0.4) is 0 Å². The molecule has 0 aliphatic carbocycles. The van der Waals surface area contributed by atoms with Crippen LogP contribution in [0.1, 0.15) is 39.7 Å². The highest BCUT2D eigenvalue weighted by Gasteiger charge is 2.34. The van der Waals surface area contributed by atoms with Crippen LogP contribution < -0.4 is 10.5 Å². The number of anilines is 1. The summed E-state index contributed by atoms with van der Waals surface area (Å²) in [7, 11) is 0. The lowest BCUT2D eigenvalue weighted by atomic mass is 9.99. The Balaban J connectivity index is 1.56. The average molecular weight is 463 g/mol. The Morgan fingerprint density at radius 2 is 1.74 bits per heavy atom. The molecular formula is C28H26N6O. The summed E-state index contributed by atoms with van der Waals surface area (Å²) in [5.41, 5.74) is 7.06. The zero-order valence-electron chi connectivity index (χ0n) is 19.8. The molecule has 0 amide bonds. The molecule has 0 spiro atoms. The van der Waals surface area contributed by atoms with Crippen LogP contribution in [0.25, 0.3) is 10.9 Å². The van der Waals surface area contributed by atoms with Gasteiger partial charge >= 0.3 is 0 Å². The van der Waals surface area contributed by atoms with Crippen molar-refractivity contribution in [1.82, 2.24) is 25.2 Å². The predicted octanol–water partition coefficient (Wildman–Crippen LogP) is 4.33. The molecule has 2 aromatic heterocycles. The molecule has 0 radical (unpaired) electrons. The highest BCUT2D eigenvalue weighted by Crippen LogP contribution is 2.37. The number of aryl methyl sites for hydroxylation is 2. The lowest BCUT2D eigenvalue weighted by molar-refractivity contribution is 0.577. The van der Waals surface area contributed by atoms with Gasteiger partial charge in [0.15, 0.2) is 5.82 Å². The van der Waals surface area contributed by atoms with Crippen molar-refractivity contribution in [3.05, 3.63) is 117 Å². The fourth-order valence-corrected chi connectivity index (χ4v) is 5.15. The molecule has 1 aliphatic heterocycles. The normalized spacial score (nSPS) is 13.8. The number of hydrogen-bond donors (Lipinski definition) is 1. The molecule has 0 fully saturated rings. The van der Waals surface area contributed by atoms with Crippen LogP contribution >= 0.6 is 0 Å². The summed E-state index contributed by atoms with van der Waals surface area (Å²) < 4.78 is 1.81. The molecule has 1 atom stereocenters. The average Bonchev–Trinajstić information content (AvgIpc) is 3.51. The number of aromatic nitrogens is 5. The van der Waals surface area contributed by atoms with Crippen LogP contribution in [-0.4, -0.2) is 31.7 Å². The van der Waals surface area contributed by atoms with Crippen molar-refractivity contribution in [1.29, 1.82) is 0 Å². The Hall–Kier alpha value is -4.26. The second-order valence-electron chi connectivity index (χ2n) is 9.20. The third kappa shape index (κ3) is 3.69. The number of fused-ring (bicyclic) bond motifs is 2. The Kier molecular flexibility index (Phi) is 5.17. The SMILES string of the molecule is Cc1ccc(C)c2[nH]c(=O)c(C(c3nnnn3Cc3ccccc3)N3CCc4ccccc43)cc12. The molecule has 1 N–H and O–H groups in total. The van der Waals surface area contributed by atoms with Crippen LogP contribution in [0.5, 0.6) is 0 Å². The maximum absolute atomic E-state index is 13.6. The molecule has 0 saturated carbocycles. The quantitative estimate of drug-likeness (QED) is 0.421. The van der Waals surface area contributed by atoms with Gasteiger partial charge in [0.05, 0.1) is 12.1 Å². The van der Waals surface area contributed by atoms with E-state index in [-0.39, 0.29) is 5.56 Å². The van der Waals surface area contributed by atoms with E-state index in [2.05, 4.69) is 68.7 Å². The fraction of sp³-hybridized carbons (Fsp3) is 0.214. The number of nitrogens with zero attached hydrogens (tertiary/aromatic N) is 5. The van der Waals surface area contributed by atoms with Crippen LogP contribution in [0, 0.1) is 13.8 Å². The molecule has 3 heterocycles. The standard InChI is InChI=1S/C28H26N6O/c1-18-12-13-19(2)25-22(18)16-23(28(35)29-25)26(33-15-14-21-10-6-7-11-24(21)33)27-30-31-32-34(27)17-20-8-4-3-5-9-20/h3-13,16,26H,14-15,17H2,1-2H3,(H,29,35). The molecule has 1 unspecified atom stereocenters. The molecular weight excluding hydrogens is 436 g/mol. The molecule has 6 rings (SSSR count). The van der Waals surface area contributed by atoms with Gasteiger partial charge in [-0.25, -0.2) is 4.68 Å². The molecule has 35 heavy (non-hydrogen) atoms. The smallest absolute Gasteiger partial charge is 0.254 e. The van der Waals surface area contributed by atoms with Gasteiger partial charge < -0.3 is 9.88 Å². The molecule has 7 heteroatoms. The van der Waals surface area contributed by atoms with E-state index < -0.39 is 6.04 Å². The summed E-state index contributed by atoms with van der Waals surface area (Å²) in [5, 5.41) is 13.9. The summed E-state index contributed by atoms with van der Waals surface area (Å²) >= 11 is 0. The van der Waals surface area contributed by atoms with E-state index in [4.69, 9.17) is 0 Å². The van der Waals surface area contributed by atoms with Gasteiger partial charge in [-0.1, -0.05) is 60.7 Å². The zero-order valence-corrected chi connectivity index (χ0v) is 19.8. The summed E-state index contributed by atoms with van der Waals surface area (Å²) in [6.07, 6.45) is 0.913. The number of tetrazole rings is 1. The molecule has 0 saturated heterocycles. The first-order valence-corrected chi connectivity index (χ1v) is 11.9. The van der Waals surface area contributed by atoms with E-state index in [1.54, 1.807) is 0 Å². The van der Waals surface area contributed by atoms with E-state index in [1.807, 2.05) is 48.0 Å². The summed E-state index contributed by atoms with van der Waals surface area (Å²) in [5.74, 6) is 0.653. The lowest BCUT2D eigenvalue weighted by Gasteiger charge is -2.29. The van der Waals surface area contributed by atoms with Gasteiger partial charge in [0.2, 0.25) is 0 Å². The monoisotopic (exact) mass is 462 g/mol. The Morgan fingerprint density at radius 3 is 2.60 bits per heavy atom.